The number of aromatic nitrogens is 2. The molecule has 56 valence electrons. The highest BCUT2D eigenvalue weighted by atomic mass is 16.5. The van der Waals surface area contributed by atoms with Gasteiger partial charge in [-0.25, -0.2) is 4.79 Å². The van der Waals surface area contributed by atoms with Crippen LogP contribution in [-0.4, -0.2) is 23.3 Å². The molecule has 0 fully saturated rings. The highest BCUT2D eigenvalue weighted by Crippen LogP contribution is 2.03. The van der Waals surface area contributed by atoms with Crippen LogP contribution in [0.15, 0.2) is 6.20 Å². The highest BCUT2D eigenvalue weighted by molar-refractivity contribution is 5.91. The van der Waals surface area contributed by atoms with Crippen LogP contribution in [0.4, 0.5) is 0 Å². The number of esters is 1. The molecule has 0 bridgehead atoms. The number of methoxy groups -OCH3 is 1. The van der Waals surface area contributed by atoms with Crippen molar-refractivity contribution in [3.63, 3.8) is 0 Å². The van der Waals surface area contributed by atoms with Gasteiger partial charge in [0.05, 0.1) is 7.11 Å². The molecule has 11 heavy (non-hydrogen) atoms. The van der Waals surface area contributed by atoms with E-state index in [1.165, 1.54) is 13.3 Å². The van der Waals surface area contributed by atoms with E-state index in [1.807, 2.05) is 0 Å². The van der Waals surface area contributed by atoms with Crippen molar-refractivity contribution in [2.75, 3.05) is 7.11 Å². The number of hydrogen-bond donors (Lipinski definition) is 1. The Bertz CT molecular complexity index is 310. The number of hydrogen-bond acceptors (Lipinski definition) is 4. The van der Waals surface area contributed by atoms with Gasteiger partial charge < -0.3 is 4.74 Å². The number of H-pyrrole nitrogens is 1. The molecule has 0 radical (unpaired) electrons. The van der Waals surface area contributed by atoms with E-state index in [0.29, 0.717) is 0 Å². The zero-order chi connectivity index (χ0) is 8.27. The third-order valence-corrected chi connectivity index (χ3v) is 1.15. The lowest BCUT2D eigenvalue weighted by Crippen LogP contribution is -2.01. The first kappa shape index (κ1) is 7.28. The fourth-order valence-corrected chi connectivity index (χ4v) is 0.641. The van der Waals surface area contributed by atoms with Gasteiger partial charge in [0, 0.05) is 6.20 Å². The van der Waals surface area contributed by atoms with Crippen molar-refractivity contribution in [1.82, 2.24) is 10.2 Å². The summed E-state index contributed by atoms with van der Waals surface area (Å²) in [6.07, 6.45) is 1.32. The van der Waals surface area contributed by atoms with Crippen LogP contribution in [0.1, 0.15) is 16.1 Å². The van der Waals surface area contributed by atoms with E-state index in [4.69, 9.17) is 5.26 Å². The molecule has 1 aromatic heterocycles. The number of rotatable bonds is 1. The molecule has 1 rings (SSSR count). The molecular weight excluding hydrogens is 146 g/mol. The van der Waals surface area contributed by atoms with Gasteiger partial charge in [-0.05, 0) is 0 Å². The quantitative estimate of drug-likeness (QED) is 0.576. The Balaban J connectivity index is 3.05. The predicted molar refractivity (Wildman–Crippen MR) is 34.6 cm³/mol. The maximum atomic E-state index is 10.8. The summed E-state index contributed by atoms with van der Waals surface area (Å²) in [4.78, 5) is 10.8. The molecule has 1 heterocycles. The Morgan fingerprint density at radius 3 is 3.18 bits per heavy atom. The van der Waals surface area contributed by atoms with E-state index in [9.17, 15) is 4.79 Å². The highest BCUT2D eigenvalue weighted by Gasteiger charge is 2.12. The number of ether oxygens (including phenoxy) is 1. The van der Waals surface area contributed by atoms with Crippen LogP contribution in [0.25, 0.3) is 0 Å². The Labute approximate surface area is 62.6 Å². The average molecular weight is 151 g/mol. The largest absolute Gasteiger partial charge is 0.465 e. The molecule has 0 aromatic carbocycles. The minimum Gasteiger partial charge on any atom is -0.465 e. The fourth-order valence-electron chi connectivity index (χ4n) is 0.641. The molecule has 0 unspecified atom stereocenters. The molecule has 0 spiro atoms. The van der Waals surface area contributed by atoms with Crippen LogP contribution in [-0.2, 0) is 4.74 Å². The van der Waals surface area contributed by atoms with Crippen molar-refractivity contribution in [2.45, 2.75) is 0 Å². The van der Waals surface area contributed by atoms with Crippen molar-refractivity contribution in [3.8, 4) is 6.07 Å². The van der Waals surface area contributed by atoms with Gasteiger partial charge in [0.25, 0.3) is 0 Å². The topological polar surface area (TPSA) is 78.8 Å². The van der Waals surface area contributed by atoms with Crippen LogP contribution in [0, 0.1) is 11.3 Å². The lowest BCUT2D eigenvalue weighted by atomic mass is 10.3. The molecule has 1 N–H and O–H groups in total. The Kier molecular flexibility index (Phi) is 1.88. The molecule has 0 atom stereocenters. The molecule has 0 aliphatic heterocycles. The normalized spacial score (nSPS) is 8.73. The third kappa shape index (κ3) is 1.19. The van der Waals surface area contributed by atoms with Gasteiger partial charge in [-0.2, -0.15) is 10.4 Å². The van der Waals surface area contributed by atoms with Gasteiger partial charge in [-0.15, -0.1) is 0 Å². The number of carbonyl (C=O) groups is 1. The van der Waals surface area contributed by atoms with Gasteiger partial charge in [-0.3, -0.25) is 5.10 Å². The first-order valence-corrected chi connectivity index (χ1v) is 2.81. The monoisotopic (exact) mass is 151 g/mol. The van der Waals surface area contributed by atoms with E-state index in [-0.39, 0.29) is 11.3 Å². The van der Waals surface area contributed by atoms with E-state index >= 15 is 0 Å². The van der Waals surface area contributed by atoms with Crippen LogP contribution in [0.2, 0.25) is 0 Å². The lowest BCUT2D eigenvalue weighted by Gasteiger charge is -1.91. The number of nitriles is 1. The second-order valence-electron chi connectivity index (χ2n) is 1.75. The van der Waals surface area contributed by atoms with Crippen molar-refractivity contribution >= 4 is 5.97 Å². The van der Waals surface area contributed by atoms with E-state index in [0.717, 1.165) is 0 Å². The molecule has 5 nitrogen and oxygen atoms in total. The predicted octanol–water partition coefficient (Wildman–Crippen LogP) is 0.0680. The van der Waals surface area contributed by atoms with Gasteiger partial charge in [0.1, 0.15) is 11.6 Å². The second-order valence-corrected chi connectivity index (χ2v) is 1.75. The Morgan fingerprint density at radius 2 is 2.64 bits per heavy atom. The lowest BCUT2D eigenvalue weighted by molar-refractivity contribution is 0.0600. The molecule has 0 saturated heterocycles. The van der Waals surface area contributed by atoms with Crippen molar-refractivity contribution < 1.29 is 9.53 Å². The van der Waals surface area contributed by atoms with E-state index < -0.39 is 5.97 Å². The smallest absolute Gasteiger partial charge is 0.342 e. The molecular formula is C6H5N3O2. The SMILES string of the molecule is COC(=O)c1c[nH]nc1C#N. The van der Waals surface area contributed by atoms with Crippen molar-refractivity contribution in [2.24, 2.45) is 0 Å². The number of nitrogens with one attached hydrogen (secondary N) is 1. The van der Waals surface area contributed by atoms with Crippen molar-refractivity contribution in [1.29, 1.82) is 5.26 Å². The number of carbonyl (C=O) groups excluding carboxylic acids is 1. The zero-order valence-electron chi connectivity index (χ0n) is 5.79. The minimum atomic E-state index is -0.560. The standard InChI is InChI=1S/C6H5N3O2/c1-11-6(10)4-3-8-9-5(4)2-7/h3H,1H3,(H,8,9). The maximum absolute atomic E-state index is 10.8. The zero-order valence-corrected chi connectivity index (χ0v) is 5.79. The fraction of sp³-hybridized carbons (Fsp3) is 0.167. The van der Waals surface area contributed by atoms with E-state index in [1.54, 1.807) is 6.07 Å². The first-order chi connectivity index (χ1) is 5.29. The Morgan fingerprint density at radius 1 is 1.91 bits per heavy atom. The van der Waals surface area contributed by atoms with Crippen molar-refractivity contribution in [3.05, 3.63) is 17.5 Å². The summed E-state index contributed by atoms with van der Waals surface area (Å²) in [7, 11) is 1.25. The minimum absolute atomic E-state index is 0.0526. The number of aromatic amines is 1. The Hall–Kier alpha value is -1.83. The summed E-state index contributed by atoms with van der Waals surface area (Å²) in [5, 5.41) is 14.3. The number of nitrogens with zero attached hydrogens (tertiary/aromatic N) is 2. The summed E-state index contributed by atoms with van der Waals surface area (Å²) in [6, 6.07) is 1.75. The second kappa shape index (κ2) is 2.84. The van der Waals surface area contributed by atoms with Gasteiger partial charge in [0.2, 0.25) is 0 Å². The van der Waals surface area contributed by atoms with Gasteiger partial charge in [0.15, 0.2) is 5.69 Å². The molecule has 0 aliphatic rings. The third-order valence-electron chi connectivity index (χ3n) is 1.15. The van der Waals surface area contributed by atoms with Crippen LogP contribution in [0.5, 0.6) is 0 Å². The first-order valence-electron chi connectivity index (χ1n) is 2.81. The molecule has 5 heteroatoms. The summed E-state index contributed by atoms with van der Waals surface area (Å²) < 4.78 is 4.39. The summed E-state index contributed by atoms with van der Waals surface area (Å²) in [5.41, 5.74) is 0.215. The molecule has 0 saturated carbocycles. The summed E-state index contributed by atoms with van der Waals surface area (Å²) in [6.45, 7) is 0. The van der Waals surface area contributed by atoms with Gasteiger partial charge >= 0.3 is 5.97 Å². The molecule has 0 amide bonds. The average Bonchev–Trinajstić information content (AvgIpc) is 2.50. The molecule has 1 aromatic rings. The van der Waals surface area contributed by atoms with Crippen LogP contribution >= 0.6 is 0 Å². The summed E-state index contributed by atoms with van der Waals surface area (Å²) >= 11 is 0. The summed E-state index contributed by atoms with van der Waals surface area (Å²) in [5.74, 6) is -0.560. The van der Waals surface area contributed by atoms with Gasteiger partial charge in [-0.1, -0.05) is 0 Å². The maximum Gasteiger partial charge on any atom is 0.342 e. The van der Waals surface area contributed by atoms with Crippen LogP contribution < -0.4 is 0 Å². The molecule has 0 aliphatic carbocycles. The van der Waals surface area contributed by atoms with E-state index in [2.05, 4.69) is 14.9 Å². The van der Waals surface area contributed by atoms with Crippen LogP contribution in [0.3, 0.4) is 0 Å².